The van der Waals surface area contributed by atoms with Gasteiger partial charge in [-0.1, -0.05) is 22.0 Å². The van der Waals surface area contributed by atoms with Crippen molar-refractivity contribution in [3.05, 3.63) is 52.5 Å². The highest BCUT2D eigenvalue weighted by molar-refractivity contribution is 9.10. The van der Waals surface area contributed by atoms with E-state index in [9.17, 15) is 17.2 Å². The average molecular weight is 347 g/mol. The quantitative estimate of drug-likeness (QED) is 0.828. The fourth-order valence-electron chi connectivity index (χ4n) is 1.73. The monoisotopic (exact) mass is 346 g/mol. The molecule has 0 spiro atoms. The third-order valence-electron chi connectivity index (χ3n) is 2.56. The Hall–Kier alpha value is -1.27. The molecule has 0 saturated heterocycles. The summed E-state index contributed by atoms with van der Waals surface area (Å²) in [5.41, 5.74) is 0.248. The van der Waals surface area contributed by atoms with Crippen molar-refractivity contribution < 1.29 is 17.2 Å². The molecular formula is C13H9BrF2O2S. The lowest BCUT2D eigenvalue weighted by Gasteiger charge is -2.10. The smallest absolute Gasteiger partial charge is 0.176 e. The minimum Gasteiger partial charge on any atom is -0.224 e. The van der Waals surface area contributed by atoms with Gasteiger partial charge < -0.3 is 0 Å². The van der Waals surface area contributed by atoms with Crippen LogP contribution < -0.4 is 0 Å². The Morgan fingerprint density at radius 1 is 1.00 bits per heavy atom. The Morgan fingerprint density at radius 2 is 1.68 bits per heavy atom. The van der Waals surface area contributed by atoms with Gasteiger partial charge in [0.05, 0.1) is 4.90 Å². The van der Waals surface area contributed by atoms with E-state index in [4.69, 9.17) is 0 Å². The second kappa shape index (κ2) is 5.02. The summed E-state index contributed by atoms with van der Waals surface area (Å²) in [5.74, 6) is -1.25. The van der Waals surface area contributed by atoms with Crippen LogP contribution in [0.15, 0.2) is 45.8 Å². The zero-order valence-electron chi connectivity index (χ0n) is 9.82. The van der Waals surface area contributed by atoms with Crippen LogP contribution in [0, 0.1) is 11.6 Å². The zero-order valence-corrected chi connectivity index (χ0v) is 12.2. The summed E-state index contributed by atoms with van der Waals surface area (Å²) in [6, 6.07) is 7.43. The van der Waals surface area contributed by atoms with Crippen LogP contribution in [0.2, 0.25) is 0 Å². The summed E-state index contributed by atoms with van der Waals surface area (Å²) in [5, 5.41) is 0. The van der Waals surface area contributed by atoms with Crippen molar-refractivity contribution >= 4 is 25.8 Å². The number of hydrogen-bond acceptors (Lipinski definition) is 2. The van der Waals surface area contributed by atoms with Crippen molar-refractivity contribution in [2.24, 2.45) is 0 Å². The number of sulfone groups is 1. The number of benzene rings is 2. The first-order valence-electron chi connectivity index (χ1n) is 5.24. The van der Waals surface area contributed by atoms with Crippen LogP contribution in [-0.2, 0) is 9.84 Å². The zero-order chi connectivity index (χ0) is 14.2. The third kappa shape index (κ3) is 3.01. The molecule has 0 aliphatic carbocycles. The average Bonchev–Trinajstić information content (AvgIpc) is 2.31. The van der Waals surface area contributed by atoms with Crippen molar-refractivity contribution in [3.63, 3.8) is 0 Å². The topological polar surface area (TPSA) is 34.1 Å². The van der Waals surface area contributed by atoms with Gasteiger partial charge in [0.2, 0.25) is 0 Å². The largest absolute Gasteiger partial charge is 0.224 e. The van der Waals surface area contributed by atoms with E-state index in [-0.39, 0.29) is 16.0 Å². The molecule has 0 heterocycles. The van der Waals surface area contributed by atoms with Crippen LogP contribution in [0.1, 0.15) is 0 Å². The molecule has 0 unspecified atom stereocenters. The predicted octanol–water partition coefficient (Wildman–Crippen LogP) is 3.80. The first-order valence-corrected chi connectivity index (χ1v) is 7.92. The predicted molar refractivity (Wildman–Crippen MR) is 72.6 cm³/mol. The van der Waals surface area contributed by atoms with Gasteiger partial charge in [-0.3, -0.25) is 0 Å². The van der Waals surface area contributed by atoms with Gasteiger partial charge in [0.25, 0.3) is 0 Å². The first kappa shape index (κ1) is 14.1. The highest BCUT2D eigenvalue weighted by Gasteiger charge is 2.18. The van der Waals surface area contributed by atoms with Crippen molar-refractivity contribution in [1.29, 1.82) is 0 Å². The normalized spacial score (nSPS) is 11.6. The minimum atomic E-state index is -3.66. The van der Waals surface area contributed by atoms with Gasteiger partial charge in [0, 0.05) is 21.9 Å². The second-order valence-corrected chi connectivity index (χ2v) is 6.94. The maximum absolute atomic E-state index is 13.8. The molecule has 100 valence electrons. The van der Waals surface area contributed by atoms with Gasteiger partial charge in [-0.2, -0.15) is 0 Å². The van der Waals surface area contributed by atoms with Crippen LogP contribution in [0.25, 0.3) is 11.1 Å². The van der Waals surface area contributed by atoms with Crippen molar-refractivity contribution in [1.82, 2.24) is 0 Å². The Kier molecular flexibility index (Phi) is 3.73. The van der Waals surface area contributed by atoms with E-state index in [0.29, 0.717) is 4.47 Å². The molecule has 0 aliphatic rings. The molecule has 0 bridgehead atoms. The molecule has 0 N–H and O–H groups in total. The lowest BCUT2D eigenvalue weighted by molar-refractivity contribution is 0.596. The highest BCUT2D eigenvalue weighted by atomic mass is 79.9. The number of halogens is 3. The van der Waals surface area contributed by atoms with Crippen molar-refractivity contribution in [2.45, 2.75) is 4.90 Å². The van der Waals surface area contributed by atoms with Gasteiger partial charge in [0.1, 0.15) is 11.6 Å². The highest BCUT2D eigenvalue weighted by Crippen LogP contribution is 2.31. The van der Waals surface area contributed by atoms with E-state index in [2.05, 4.69) is 15.9 Å². The van der Waals surface area contributed by atoms with Gasteiger partial charge in [-0.15, -0.1) is 0 Å². The van der Waals surface area contributed by atoms with Gasteiger partial charge in [-0.25, -0.2) is 17.2 Å². The van der Waals surface area contributed by atoms with Crippen LogP contribution >= 0.6 is 15.9 Å². The summed E-state index contributed by atoms with van der Waals surface area (Å²) < 4.78 is 51.0. The fraction of sp³-hybridized carbons (Fsp3) is 0.0769. The first-order chi connectivity index (χ1) is 8.79. The van der Waals surface area contributed by atoms with E-state index < -0.39 is 21.5 Å². The molecule has 0 saturated carbocycles. The van der Waals surface area contributed by atoms with E-state index in [1.54, 1.807) is 0 Å². The van der Waals surface area contributed by atoms with Crippen LogP contribution in [0.4, 0.5) is 8.78 Å². The number of hydrogen-bond donors (Lipinski definition) is 0. The standard InChI is InChI=1S/C13H9BrF2O2S/c1-19(17,18)13-7-9(15)3-4-10(13)11-6-8(14)2-5-12(11)16/h2-7H,1H3. The molecule has 2 nitrogen and oxygen atoms in total. The molecule has 6 heteroatoms. The molecule has 0 amide bonds. The summed E-state index contributed by atoms with van der Waals surface area (Å²) in [7, 11) is -3.66. The number of rotatable bonds is 2. The van der Waals surface area contributed by atoms with E-state index in [1.165, 1.54) is 24.3 Å². The second-order valence-electron chi connectivity index (χ2n) is 4.04. The lowest BCUT2D eigenvalue weighted by atomic mass is 10.1. The third-order valence-corrected chi connectivity index (χ3v) is 4.19. The minimum absolute atomic E-state index is 0.106. The lowest BCUT2D eigenvalue weighted by Crippen LogP contribution is -2.01. The SMILES string of the molecule is CS(=O)(=O)c1cc(F)ccc1-c1cc(Br)ccc1F. The Bertz CT molecular complexity index is 742. The van der Waals surface area contributed by atoms with Crippen LogP contribution in [-0.4, -0.2) is 14.7 Å². The van der Waals surface area contributed by atoms with E-state index >= 15 is 0 Å². The van der Waals surface area contributed by atoms with Crippen LogP contribution in [0.3, 0.4) is 0 Å². The van der Waals surface area contributed by atoms with E-state index in [1.807, 2.05) is 0 Å². The van der Waals surface area contributed by atoms with Crippen molar-refractivity contribution in [3.8, 4) is 11.1 Å². The summed E-state index contributed by atoms with van der Waals surface area (Å²) >= 11 is 3.19. The summed E-state index contributed by atoms with van der Waals surface area (Å²) in [4.78, 5) is -0.232. The van der Waals surface area contributed by atoms with E-state index in [0.717, 1.165) is 18.4 Å². The van der Waals surface area contributed by atoms with Gasteiger partial charge in [-0.05, 0) is 30.3 Å². The summed E-state index contributed by atoms with van der Waals surface area (Å²) in [6.45, 7) is 0. The molecule has 2 aromatic carbocycles. The molecule has 0 fully saturated rings. The Labute approximate surface area is 118 Å². The molecule has 2 rings (SSSR count). The molecule has 2 aromatic rings. The molecular weight excluding hydrogens is 338 g/mol. The van der Waals surface area contributed by atoms with Gasteiger partial charge >= 0.3 is 0 Å². The maximum Gasteiger partial charge on any atom is 0.176 e. The van der Waals surface area contributed by atoms with Crippen molar-refractivity contribution in [2.75, 3.05) is 6.26 Å². The van der Waals surface area contributed by atoms with Crippen LogP contribution in [0.5, 0.6) is 0 Å². The molecule has 0 radical (unpaired) electrons. The fourth-order valence-corrected chi connectivity index (χ4v) is 2.99. The maximum atomic E-state index is 13.8. The molecule has 0 aliphatic heterocycles. The molecule has 0 atom stereocenters. The summed E-state index contributed by atoms with van der Waals surface area (Å²) in [6.07, 6.45) is 0.959. The van der Waals surface area contributed by atoms with Gasteiger partial charge in [0.15, 0.2) is 9.84 Å². The molecule has 19 heavy (non-hydrogen) atoms. The Morgan fingerprint density at radius 3 is 2.32 bits per heavy atom. The molecule has 0 aromatic heterocycles. The Balaban J connectivity index is 2.79.